The van der Waals surface area contributed by atoms with Crippen LogP contribution in [0.25, 0.3) is 11.7 Å². The number of pyridine rings is 1. The predicted molar refractivity (Wildman–Crippen MR) is 147 cm³/mol. The van der Waals surface area contributed by atoms with Gasteiger partial charge in [0.2, 0.25) is 0 Å². The second kappa shape index (κ2) is 11.7. The third kappa shape index (κ3) is 5.95. The Hall–Kier alpha value is -2.23. The first-order valence-electron chi connectivity index (χ1n) is 12.5. The Morgan fingerprint density at radius 1 is 1.34 bits per heavy atom. The molecule has 2 atom stereocenters. The van der Waals surface area contributed by atoms with Gasteiger partial charge in [-0.3, -0.25) is 18.9 Å². The number of hydrogen-bond donors (Lipinski definition) is 1. The average Bonchev–Trinajstić information content (AvgIpc) is 3.46. The number of thiocarbonyl (C=S) groups is 1. The van der Waals surface area contributed by atoms with Crippen LogP contribution in [-0.2, 0) is 9.53 Å². The van der Waals surface area contributed by atoms with Gasteiger partial charge >= 0.3 is 0 Å². The molecule has 0 saturated carbocycles. The Balaban J connectivity index is 1.66. The van der Waals surface area contributed by atoms with Crippen molar-refractivity contribution in [2.75, 3.05) is 25.0 Å². The van der Waals surface area contributed by atoms with Crippen molar-refractivity contribution in [3.8, 4) is 0 Å². The van der Waals surface area contributed by atoms with Crippen molar-refractivity contribution in [3.63, 3.8) is 0 Å². The van der Waals surface area contributed by atoms with E-state index in [9.17, 15) is 9.59 Å². The molecule has 7 nitrogen and oxygen atoms in total. The Morgan fingerprint density at radius 3 is 2.89 bits per heavy atom. The molecule has 2 fully saturated rings. The Morgan fingerprint density at radius 2 is 2.17 bits per heavy atom. The summed E-state index contributed by atoms with van der Waals surface area (Å²) in [7, 11) is 0. The van der Waals surface area contributed by atoms with Gasteiger partial charge in [-0.05, 0) is 49.8 Å². The molecule has 0 spiro atoms. The normalized spacial score (nSPS) is 20.4. The van der Waals surface area contributed by atoms with Crippen LogP contribution in [0.5, 0.6) is 0 Å². The number of nitrogens with zero attached hydrogens (tertiary/aromatic N) is 3. The van der Waals surface area contributed by atoms with Crippen molar-refractivity contribution in [1.82, 2.24) is 14.3 Å². The third-order valence-electron chi connectivity index (χ3n) is 6.66. The van der Waals surface area contributed by atoms with Crippen LogP contribution >= 0.6 is 24.0 Å². The van der Waals surface area contributed by atoms with Gasteiger partial charge in [0, 0.05) is 25.9 Å². The molecule has 0 aromatic carbocycles. The second-order valence-corrected chi connectivity index (χ2v) is 11.0. The fraction of sp³-hybridized carbons (Fsp3) is 0.538. The van der Waals surface area contributed by atoms with Gasteiger partial charge in [0.05, 0.1) is 16.6 Å². The molecule has 2 aliphatic rings. The average molecular weight is 515 g/mol. The smallest absolute Gasteiger partial charge is 0.267 e. The molecule has 1 N–H and O–H groups in total. The molecule has 2 aliphatic heterocycles. The summed E-state index contributed by atoms with van der Waals surface area (Å²) < 4.78 is 7.82. The summed E-state index contributed by atoms with van der Waals surface area (Å²) in [6, 6.07) is 3.76. The lowest BCUT2D eigenvalue weighted by atomic mass is 9.99. The number of rotatable bonds is 10. The predicted octanol–water partition coefficient (Wildman–Crippen LogP) is 5.01. The van der Waals surface area contributed by atoms with Crippen LogP contribution in [0.1, 0.15) is 63.5 Å². The van der Waals surface area contributed by atoms with Crippen LogP contribution in [0.15, 0.2) is 28.0 Å². The van der Waals surface area contributed by atoms with Crippen LogP contribution in [-0.4, -0.2) is 50.3 Å². The van der Waals surface area contributed by atoms with E-state index in [1.165, 1.54) is 16.2 Å². The highest BCUT2D eigenvalue weighted by Crippen LogP contribution is 2.34. The quantitative estimate of drug-likeness (QED) is 0.353. The molecule has 0 radical (unpaired) electrons. The molecular weight excluding hydrogens is 480 g/mol. The molecule has 35 heavy (non-hydrogen) atoms. The highest BCUT2D eigenvalue weighted by molar-refractivity contribution is 8.26. The summed E-state index contributed by atoms with van der Waals surface area (Å²) in [4.78, 5) is 33.8. The van der Waals surface area contributed by atoms with Gasteiger partial charge in [0.1, 0.15) is 15.8 Å². The van der Waals surface area contributed by atoms with Crippen LogP contribution in [0.4, 0.5) is 5.82 Å². The van der Waals surface area contributed by atoms with Gasteiger partial charge < -0.3 is 10.1 Å². The molecule has 188 valence electrons. The zero-order chi connectivity index (χ0) is 24.9. The first-order valence-corrected chi connectivity index (χ1v) is 13.8. The molecule has 0 aliphatic carbocycles. The van der Waals surface area contributed by atoms with Crippen LogP contribution in [0.2, 0.25) is 0 Å². The summed E-state index contributed by atoms with van der Waals surface area (Å²) in [6.45, 7) is 8.21. The maximum Gasteiger partial charge on any atom is 0.267 e. The van der Waals surface area contributed by atoms with E-state index in [-0.39, 0.29) is 17.6 Å². The van der Waals surface area contributed by atoms with E-state index in [1.54, 1.807) is 17.2 Å². The summed E-state index contributed by atoms with van der Waals surface area (Å²) in [5, 5.41) is 3.32. The summed E-state index contributed by atoms with van der Waals surface area (Å²) in [5.41, 5.74) is 1.66. The van der Waals surface area contributed by atoms with Crippen molar-refractivity contribution >= 4 is 51.7 Å². The van der Waals surface area contributed by atoms with Crippen molar-refractivity contribution in [1.29, 1.82) is 0 Å². The first-order chi connectivity index (χ1) is 16.9. The molecule has 2 saturated heterocycles. The SMILES string of the molecule is CCCCC(CC)CN1C(=O)C(=Cc2c(NCC3CCCO3)nc3ccc(C)cn3c2=O)SC1=S. The third-order valence-corrected chi connectivity index (χ3v) is 8.04. The minimum Gasteiger partial charge on any atom is -0.376 e. The molecule has 9 heteroatoms. The number of anilines is 1. The number of amides is 1. The fourth-order valence-corrected chi connectivity index (χ4v) is 5.76. The van der Waals surface area contributed by atoms with Crippen molar-refractivity contribution < 1.29 is 9.53 Å². The number of thioether (sulfide) groups is 1. The summed E-state index contributed by atoms with van der Waals surface area (Å²) >= 11 is 6.83. The molecule has 4 heterocycles. The summed E-state index contributed by atoms with van der Waals surface area (Å²) in [6.07, 6.45) is 9.89. The number of carbonyl (C=O) groups is 1. The van der Waals surface area contributed by atoms with E-state index in [2.05, 4.69) is 19.2 Å². The number of unbranched alkanes of at least 4 members (excludes halogenated alkanes) is 1. The zero-order valence-electron chi connectivity index (χ0n) is 20.7. The molecule has 2 aromatic rings. The van der Waals surface area contributed by atoms with E-state index in [0.717, 1.165) is 50.7 Å². The Kier molecular flexibility index (Phi) is 8.62. The molecule has 0 bridgehead atoms. The maximum atomic E-state index is 13.5. The van der Waals surface area contributed by atoms with Gasteiger partial charge in [-0.2, -0.15) is 0 Å². The van der Waals surface area contributed by atoms with E-state index in [1.807, 2.05) is 19.1 Å². The Labute approximate surface area is 216 Å². The minimum atomic E-state index is -0.215. The first kappa shape index (κ1) is 25.9. The largest absolute Gasteiger partial charge is 0.376 e. The highest BCUT2D eigenvalue weighted by atomic mass is 32.2. The number of ether oxygens (including phenoxy) is 1. The summed E-state index contributed by atoms with van der Waals surface area (Å²) in [5.74, 6) is 0.749. The standard InChI is InChI=1S/C26H34N4O3S2/c1-4-6-8-18(5-2)16-30-25(32)21(35-26(30)34)13-20-23(27-14-19-9-7-12-33-19)28-22-11-10-17(3)15-29(22)24(20)31/h10-11,13,15,18-19,27H,4-9,12,14,16H2,1-3H3. The van der Waals surface area contributed by atoms with Crippen LogP contribution in [0.3, 0.4) is 0 Å². The van der Waals surface area contributed by atoms with Crippen LogP contribution in [0, 0.1) is 12.8 Å². The molecule has 1 amide bonds. The number of aromatic nitrogens is 2. The number of aryl methyl sites for hydroxylation is 1. The van der Waals surface area contributed by atoms with Crippen molar-refractivity contribution in [2.45, 2.75) is 65.4 Å². The van der Waals surface area contributed by atoms with Gasteiger partial charge in [-0.1, -0.05) is 63.2 Å². The van der Waals surface area contributed by atoms with E-state index >= 15 is 0 Å². The van der Waals surface area contributed by atoms with Gasteiger partial charge in [-0.15, -0.1) is 0 Å². The number of hydrogen-bond acceptors (Lipinski definition) is 7. The topological polar surface area (TPSA) is 75.9 Å². The molecule has 4 rings (SSSR count). The van der Waals surface area contributed by atoms with Gasteiger partial charge in [-0.25, -0.2) is 4.98 Å². The minimum absolute atomic E-state index is 0.0911. The van der Waals surface area contributed by atoms with E-state index in [4.69, 9.17) is 21.9 Å². The fourth-order valence-electron chi connectivity index (χ4n) is 4.50. The maximum absolute atomic E-state index is 13.5. The van der Waals surface area contributed by atoms with E-state index in [0.29, 0.717) is 45.3 Å². The van der Waals surface area contributed by atoms with E-state index < -0.39 is 0 Å². The van der Waals surface area contributed by atoms with Crippen molar-refractivity contribution in [3.05, 3.63) is 44.7 Å². The van der Waals surface area contributed by atoms with Crippen LogP contribution < -0.4 is 10.9 Å². The highest BCUT2D eigenvalue weighted by Gasteiger charge is 2.34. The monoisotopic (exact) mass is 514 g/mol. The van der Waals surface area contributed by atoms with Gasteiger partial charge in [0.15, 0.2) is 0 Å². The lowest BCUT2D eigenvalue weighted by Gasteiger charge is -2.21. The van der Waals surface area contributed by atoms with Gasteiger partial charge in [0.25, 0.3) is 11.5 Å². The number of nitrogens with one attached hydrogen (secondary N) is 1. The molecular formula is C26H34N4O3S2. The molecule has 2 unspecified atom stereocenters. The zero-order valence-corrected chi connectivity index (χ0v) is 22.3. The number of carbonyl (C=O) groups excluding carboxylic acids is 1. The molecule has 2 aromatic heterocycles. The second-order valence-electron chi connectivity index (χ2n) is 9.34. The number of fused-ring (bicyclic) bond motifs is 1. The lowest BCUT2D eigenvalue weighted by Crippen LogP contribution is -2.33. The van der Waals surface area contributed by atoms with Crippen molar-refractivity contribution in [2.24, 2.45) is 5.92 Å². The Bertz CT molecular complexity index is 1190. The lowest BCUT2D eigenvalue weighted by molar-refractivity contribution is -0.122.